The summed E-state index contributed by atoms with van der Waals surface area (Å²) < 4.78 is 17.1. The van der Waals surface area contributed by atoms with Gasteiger partial charge in [-0.1, -0.05) is 30.3 Å². The van der Waals surface area contributed by atoms with Crippen molar-refractivity contribution in [1.82, 2.24) is 0 Å². The van der Waals surface area contributed by atoms with Gasteiger partial charge in [0.25, 0.3) is 0 Å². The molecule has 2 aliphatic rings. The monoisotopic (exact) mass is 308 g/mol. The third-order valence-electron chi connectivity index (χ3n) is 4.03. The Kier molecular flexibility index (Phi) is 3.38. The molecular weight excluding hydrogens is 288 g/mol. The Bertz CT molecular complexity index is 743. The lowest BCUT2D eigenvalue weighted by Gasteiger charge is -2.31. The topological polar surface area (TPSA) is 31.0 Å². The Labute approximate surface area is 136 Å². The van der Waals surface area contributed by atoms with E-state index in [0.717, 1.165) is 23.7 Å². The lowest BCUT2D eigenvalue weighted by Crippen LogP contribution is -2.29. The summed E-state index contributed by atoms with van der Waals surface area (Å²) in [5.74, 6) is 1.69. The summed E-state index contributed by atoms with van der Waals surface area (Å²) in [4.78, 5) is 0. The highest BCUT2D eigenvalue weighted by molar-refractivity contribution is 5.85. The molecule has 0 N–H and O–H groups in total. The Hall–Kier alpha value is -2.26. The van der Waals surface area contributed by atoms with Gasteiger partial charge in [0.15, 0.2) is 0 Å². The highest BCUT2D eigenvalue weighted by Gasteiger charge is 2.28. The molecule has 1 saturated heterocycles. The molecule has 0 saturated carbocycles. The van der Waals surface area contributed by atoms with Crippen LogP contribution in [0.3, 0.4) is 0 Å². The fraction of sp³-hybridized carbons (Fsp3) is 0.300. The second-order valence-electron chi connectivity index (χ2n) is 6.55. The zero-order chi connectivity index (χ0) is 15.9. The molecule has 0 amide bonds. The van der Waals surface area contributed by atoms with Crippen LogP contribution in [0.5, 0.6) is 11.5 Å². The molecule has 2 aliphatic heterocycles. The molecule has 0 radical (unpaired) electrons. The van der Waals surface area contributed by atoms with E-state index in [1.807, 2.05) is 18.2 Å². The molecule has 0 aromatic heterocycles. The molecule has 0 bridgehead atoms. The molecule has 4 rings (SSSR count). The first-order valence-corrected chi connectivity index (χ1v) is 7.97. The fourth-order valence-corrected chi connectivity index (χ4v) is 2.85. The van der Waals surface area contributed by atoms with Crippen molar-refractivity contribution in [2.75, 3.05) is 13.2 Å². The van der Waals surface area contributed by atoms with Crippen LogP contribution >= 0.6 is 0 Å². The molecule has 0 aliphatic carbocycles. The van der Waals surface area contributed by atoms with Gasteiger partial charge in [-0.3, -0.25) is 0 Å². The van der Waals surface area contributed by atoms with Crippen LogP contribution in [0.25, 0.3) is 5.57 Å². The first-order valence-electron chi connectivity index (χ1n) is 7.97. The van der Waals surface area contributed by atoms with Gasteiger partial charge in [-0.25, -0.2) is 0 Å². The summed E-state index contributed by atoms with van der Waals surface area (Å²) in [6.07, 6.45) is 2.44. The average Bonchev–Trinajstić information content (AvgIpc) is 3.36. The standard InChI is InChI=1S/C20H20O3/c1-20(2)11-18(14-6-4-3-5-7-14)17-9-8-15(10-19(17)23-20)21-12-16-13-22-16/h3-11,16H,12-13H2,1-2H3. The number of benzene rings is 2. The second-order valence-corrected chi connectivity index (χ2v) is 6.55. The molecule has 2 aromatic carbocycles. The maximum Gasteiger partial charge on any atom is 0.132 e. The number of fused-ring (bicyclic) bond motifs is 1. The van der Waals surface area contributed by atoms with Crippen molar-refractivity contribution in [2.24, 2.45) is 0 Å². The molecular formula is C20H20O3. The summed E-state index contributed by atoms with van der Waals surface area (Å²) >= 11 is 0. The summed E-state index contributed by atoms with van der Waals surface area (Å²) in [7, 11) is 0. The number of ether oxygens (including phenoxy) is 3. The Morgan fingerprint density at radius 3 is 2.65 bits per heavy atom. The molecule has 3 heteroatoms. The van der Waals surface area contributed by atoms with Crippen molar-refractivity contribution in [3.8, 4) is 11.5 Å². The van der Waals surface area contributed by atoms with Crippen molar-refractivity contribution in [3.05, 3.63) is 65.7 Å². The zero-order valence-electron chi connectivity index (χ0n) is 13.4. The molecule has 2 heterocycles. The van der Waals surface area contributed by atoms with Gasteiger partial charge in [0.1, 0.15) is 29.8 Å². The quantitative estimate of drug-likeness (QED) is 0.798. The van der Waals surface area contributed by atoms with Crippen LogP contribution in [0.15, 0.2) is 54.6 Å². The van der Waals surface area contributed by atoms with E-state index >= 15 is 0 Å². The minimum absolute atomic E-state index is 0.253. The van der Waals surface area contributed by atoms with Crippen molar-refractivity contribution in [2.45, 2.75) is 25.6 Å². The summed E-state index contributed by atoms with van der Waals surface area (Å²) in [6, 6.07) is 16.5. The van der Waals surface area contributed by atoms with Gasteiger partial charge in [-0.2, -0.15) is 0 Å². The van der Waals surface area contributed by atoms with Crippen molar-refractivity contribution >= 4 is 5.57 Å². The van der Waals surface area contributed by atoms with Gasteiger partial charge in [0.2, 0.25) is 0 Å². The van der Waals surface area contributed by atoms with Crippen LogP contribution in [0.2, 0.25) is 0 Å². The number of hydrogen-bond acceptors (Lipinski definition) is 3. The zero-order valence-corrected chi connectivity index (χ0v) is 13.4. The highest BCUT2D eigenvalue weighted by atomic mass is 16.6. The number of epoxide rings is 1. The van der Waals surface area contributed by atoms with Crippen molar-refractivity contribution in [1.29, 1.82) is 0 Å². The van der Waals surface area contributed by atoms with E-state index in [9.17, 15) is 0 Å². The minimum atomic E-state index is -0.351. The molecule has 1 unspecified atom stereocenters. The molecule has 1 atom stereocenters. The van der Waals surface area contributed by atoms with Crippen molar-refractivity contribution < 1.29 is 14.2 Å². The molecule has 1 fully saturated rings. The lowest BCUT2D eigenvalue weighted by molar-refractivity contribution is 0.157. The van der Waals surface area contributed by atoms with Crippen molar-refractivity contribution in [3.63, 3.8) is 0 Å². The Morgan fingerprint density at radius 1 is 1.13 bits per heavy atom. The van der Waals surface area contributed by atoms with E-state index in [-0.39, 0.29) is 11.7 Å². The maximum atomic E-state index is 6.15. The Morgan fingerprint density at radius 2 is 1.91 bits per heavy atom. The van der Waals surface area contributed by atoms with Crippen LogP contribution in [-0.4, -0.2) is 24.9 Å². The predicted octanol–water partition coefficient (Wildman–Crippen LogP) is 4.07. The largest absolute Gasteiger partial charge is 0.491 e. The third kappa shape index (κ3) is 3.10. The third-order valence-corrected chi connectivity index (χ3v) is 4.03. The van der Waals surface area contributed by atoms with Gasteiger partial charge in [-0.15, -0.1) is 0 Å². The van der Waals surface area contributed by atoms with E-state index < -0.39 is 0 Å². The van der Waals surface area contributed by atoms with E-state index in [2.05, 4.69) is 50.3 Å². The molecule has 2 aromatic rings. The first-order chi connectivity index (χ1) is 11.1. The van der Waals surface area contributed by atoms with Gasteiger partial charge < -0.3 is 14.2 Å². The van der Waals surface area contributed by atoms with E-state index in [1.165, 1.54) is 11.1 Å². The van der Waals surface area contributed by atoms with Gasteiger partial charge >= 0.3 is 0 Å². The first kappa shape index (κ1) is 14.3. The normalized spacial score (nSPS) is 21.0. The van der Waals surface area contributed by atoms with Crippen LogP contribution < -0.4 is 9.47 Å². The van der Waals surface area contributed by atoms with E-state index in [4.69, 9.17) is 14.2 Å². The van der Waals surface area contributed by atoms with Gasteiger partial charge in [0.05, 0.1) is 6.61 Å². The van der Waals surface area contributed by atoms with Gasteiger partial charge in [-0.05, 0) is 43.2 Å². The maximum absolute atomic E-state index is 6.15. The molecule has 23 heavy (non-hydrogen) atoms. The van der Waals surface area contributed by atoms with Crippen LogP contribution in [0.4, 0.5) is 0 Å². The Balaban J connectivity index is 1.70. The number of rotatable bonds is 4. The predicted molar refractivity (Wildman–Crippen MR) is 89.9 cm³/mol. The average molecular weight is 308 g/mol. The summed E-state index contributed by atoms with van der Waals surface area (Å²) in [6.45, 7) is 5.55. The van der Waals surface area contributed by atoms with Crippen LogP contribution in [0.1, 0.15) is 25.0 Å². The minimum Gasteiger partial charge on any atom is -0.491 e. The lowest BCUT2D eigenvalue weighted by atomic mass is 9.90. The van der Waals surface area contributed by atoms with E-state index in [0.29, 0.717) is 6.61 Å². The highest BCUT2D eigenvalue weighted by Crippen LogP contribution is 2.41. The van der Waals surface area contributed by atoms with Gasteiger partial charge in [0, 0.05) is 11.6 Å². The summed E-state index contributed by atoms with van der Waals surface area (Å²) in [5.41, 5.74) is 3.15. The second kappa shape index (κ2) is 5.43. The van der Waals surface area contributed by atoms with Crippen LogP contribution in [0, 0.1) is 0 Å². The van der Waals surface area contributed by atoms with Crippen LogP contribution in [-0.2, 0) is 4.74 Å². The fourth-order valence-electron chi connectivity index (χ4n) is 2.85. The molecule has 0 spiro atoms. The van der Waals surface area contributed by atoms with E-state index in [1.54, 1.807) is 0 Å². The molecule has 3 nitrogen and oxygen atoms in total. The molecule has 118 valence electrons. The number of hydrogen-bond donors (Lipinski definition) is 0. The summed E-state index contributed by atoms with van der Waals surface area (Å²) in [5, 5.41) is 0. The SMILES string of the molecule is CC1(C)C=C(c2ccccc2)c2ccc(OCC3CO3)cc2O1. The smallest absolute Gasteiger partial charge is 0.132 e.